The molecule has 0 aliphatic carbocycles. The Bertz CT molecular complexity index is 902. The zero-order valence-corrected chi connectivity index (χ0v) is 14.4. The highest BCUT2D eigenvalue weighted by atomic mass is 19.4. The third-order valence-electron chi connectivity index (χ3n) is 4.20. The van der Waals surface area contributed by atoms with E-state index in [0.29, 0.717) is 22.4 Å². The first-order valence-corrected chi connectivity index (χ1v) is 8.27. The van der Waals surface area contributed by atoms with Gasteiger partial charge < -0.3 is 9.64 Å². The number of benzene rings is 2. The van der Waals surface area contributed by atoms with Gasteiger partial charge in [-0.3, -0.25) is 4.79 Å². The molecule has 140 valence electrons. The minimum Gasteiger partial charge on any atom is -0.463 e. The molecule has 1 amide bonds. The van der Waals surface area contributed by atoms with E-state index < -0.39 is 17.7 Å². The number of ether oxygens (including phenoxy) is 1. The number of esters is 1. The maximum absolute atomic E-state index is 12.7. The van der Waals surface area contributed by atoms with Crippen molar-refractivity contribution in [2.75, 3.05) is 11.5 Å². The zero-order chi connectivity index (χ0) is 19.6. The number of anilines is 1. The van der Waals surface area contributed by atoms with E-state index in [9.17, 15) is 22.8 Å². The molecular formula is C20H16F3NO3. The van der Waals surface area contributed by atoms with Crippen LogP contribution in [0.5, 0.6) is 0 Å². The lowest BCUT2D eigenvalue weighted by Crippen LogP contribution is -2.23. The van der Waals surface area contributed by atoms with Gasteiger partial charge in [0.1, 0.15) is 0 Å². The molecule has 0 fully saturated rings. The molecule has 27 heavy (non-hydrogen) atoms. The lowest BCUT2D eigenvalue weighted by atomic mass is 10.0. The smallest absolute Gasteiger partial charge is 0.416 e. The van der Waals surface area contributed by atoms with Crippen molar-refractivity contribution in [1.82, 2.24) is 0 Å². The maximum atomic E-state index is 12.7. The molecule has 0 N–H and O–H groups in total. The third-order valence-corrected chi connectivity index (χ3v) is 4.20. The van der Waals surface area contributed by atoms with Crippen molar-refractivity contribution in [2.45, 2.75) is 19.6 Å². The number of carbonyl (C=O) groups is 2. The van der Waals surface area contributed by atoms with Crippen LogP contribution in [0, 0.1) is 0 Å². The fraction of sp³-hybridized carbons (Fsp3) is 0.200. The first-order chi connectivity index (χ1) is 12.8. The summed E-state index contributed by atoms with van der Waals surface area (Å²) in [6.07, 6.45) is -1.58. The molecule has 0 atom stereocenters. The number of alkyl halides is 3. The van der Waals surface area contributed by atoms with Crippen molar-refractivity contribution in [2.24, 2.45) is 0 Å². The monoisotopic (exact) mass is 375 g/mol. The van der Waals surface area contributed by atoms with E-state index in [1.165, 1.54) is 23.1 Å². The molecule has 1 aliphatic rings. The number of carbonyl (C=O) groups excluding carboxylic acids is 2. The van der Waals surface area contributed by atoms with Crippen LogP contribution in [0.4, 0.5) is 18.9 Å². The molecule has 2 aromatic carbocycles. The quantitative estimate of drug-likeness (QED) is 0.586. The van der Waals surface area contributed by atoms with Gasteiger partial charge in [0.25, 0.3) is 5.91 Å². The molecule has 7 heteroatoms. The van der Waals surface area contributed by atoms with Gasteiger partial charge in [0.15, 0.2) is 0 Å². The average molecular weight is 375 g/mol. The van der Waals surface area contributed by atoms with E-state index >= 15 is 0 Å². The lowest BCUT2D eigenvalue weighted by Gasteiger charge is -2.16. The molecule has 2 aromatic rings. The second-order valence-electron chi connectivity index (χ2n) is 5.89. The van der Waals surface area contributed by atoms with E-state index in [4.69, 9.17) is 4.74 Å². The van der Waals surface area contributed by atoms with E-state index in [0.717, 1.165) is 12.1 Å². The van der Waals surface area contributed by atoms with Crippen LogP contribution < -0.4 is 4.90 Å². The van der Waals surface area contributed by atoms with Gasteiger partial charge in [0.05, 0.1) is 18.7 Å². The van der Waals surface area contributed by atoms with Gasteiger partial charge in [0, 0.05) is 17.3 Å². The van der Waals surface area contributed by atoms with Gasteiger partial charge in [-0.25, -0.2) is 4.79 Å². The standard InChI is InChI=1S/C20H16F3NO3/c1-2-27-18(25)11-6-13-4-3-5-16-17(13)12-24(19(16)26)15-9-7-14(8-10-15)20(21,22)23/h3-11H,2,12H2,1H3/b11-6+. The second-order valence-corrected chi connectivity index (χ2v) is 5.89. The Hall–Kier alpha value is -3.09. The predicted molar refractivity (Wildman–Crippen MR) is 94.1 cm³/mol. The van der Waals surface area contributed by atoms with Crippen molar-refractivity contribution in [3.8, 4) is 0 Å². The first-order valence-electron chi connectivity index (χ1n) is 8.27. The summed E-state index contributed by atoms with van der Waals surface area (Å²) in [5.74, 6) is -0.782. The van der Waals surface area contributed by atoms with E-state index in [1.54, 1.807) is 31.2 Å². The van der Waals surface area contributed by atoms with Crippen molar-refractivity contribution >= 4 is 23.6 Å². The summed E-state index contributed by atoms with van der Waals surface area (Å²) in [5.41, 5.74) is 1.46. The van der Waals surface area contributed by atoms with E-state index in [-0.39, 0.29) is 19.1 Å². The number of hydrogen-bond donors (Lipinski definition) is 0. The van der Waals surface area contributed by atoms with Crippen molar-refractivity contribution < 1.29 is 27.5 Å². The minimum atomic E-state index is -4.43. The Balaban J connectivity index is 1.87. The number of hydrogen-bond acceptors (Lipinski definition) is 3. The number of fused-ring (bicyclic) bond motifs is 1. The van der Waals surface area contributed by atoms with Gasteiger partial charge in [0.2, 0.25) is 0 Å². The molecule has 3 rings (SSSR count). The summed E-state index contributed by atoms with van der Waals surface area (Å²) >= 11 is 0. The van der Waals surface area contributed by atoms with Crippen LogP contribution in [0.2, 0.25) is 0 Å². The molecule has 0 bridgehead atoms. The third kappa shape index (κ3) is 3.86. The van der Waals surface area contributed by atoms with Crippen molar-refractivity contribution in [3.63, 3.8) is 0 Å². The Kier molecular flexibility index (Phi) is 5.03. The number of nitrogens with zero attached hydrogens (tertiary/aromatic N) is 1. The summed E-state index contributed by atoms with van der Waals surface area (Å²) < 4.78 is 43.0. The van der Waals surface area contributed by atoms with Gasteiger partial charge in [-0.05, 0) is 54.5 Å². The van der Waals surface area contributed by atoms with Gasteiger partial charge in [-0.15, -0.1) is 0 Å². The number of rotatable bonds is 4. The maximum Gasteiger partial charge on any atom is 0.416 e. The van der Waals surface area contributed by atoms with E-state index in [2.05, 4.69) is 0 Å². The van der Waals surface area contributed by atoms with Gasteiger partial charge >= 0.3 is 12.1 Å². The van der Waals surface area contributed by atoms with Crippen LogP contribution in [0.3, 0.4) is 0 Å². The first kappa shape index (κ1) is 18.7. The topological polar surface area (TPSA) is 46.6 Å². The molecular weight excluding hydrogens is 359 g/mol. The Morgan fingerprint density at radius 1 is 1.19 bits per heavy atom. The van der Waals surface area contributed by atoms with Crippen LogP contribution in [-0.4, -0.2) is 18.5 Å². The van der Waals surface area contributed by atoms with Crippen molar-refractivity contribution in [1.29, 1.82) is 0 Å². The van der Waals surface area contributed by atoms with Crippen LogP contribution in [-0.2, 0) is 22.3 Å². The molecule has 0 saturated heterocycles. The van der Waals surface area contributed by atoms with Crippen LogP contribution in [0.1, 0.15) is 34.0 Å². The fourth-order valence-electron chi connectivity index (χ4n) is 2.90. The summed E-state index contributed by atoms with van der Waals surface area (Å²) in [4.78, 5) is 25.6. The predicted octanol–water partition coefficient (Wildman–Crippen LogP) is 4.44. The van der Waals surface area contributed by atoms with Crippen LogP contribution in [0.15, 0.2) is 48.5 Å². The second kappa shape index (κ2) is 7.26. The Morgan fingerprint density at radius 3 is 2.52 bits per heavy atom. The number of halogens is 3. The Labute approximate surface area is 153 Å². The fourth-order valence-corrected chi connectivity index (χ4v) is 2.90. The van der Waals surface area contributed by atoms with Gasteiger partial charge in [-0.2, -0.15) is 13.2 Å². The SMILES string of the molecule is CCOC(=O)/C=C/c1cccc2c1CN(c1ccc(C(F)(F)F)cc1)C2=O. The molecule has 0 radical (unpaired) electrons. The van der Waals surface area contributed by atoms with E-state index in [1.807, 2.05) is 0 Å². The highest BCUT2D eigenvalue weighted by Crippen LogP contribution is 2.34. The zero-order valence-electron chi connectivity index (χ0n) is 14.4. The Morgan fingerprint density at radius 2 is 1.89 bits per heavy atom. The van der Waals surface area contributed by atoms with Crippen LogP contribution >= 0.6 is 0 Å². The summed E-state index contributed by atoms with van der Waals surface area (Å²) in [6.45, 7) is 2.17. The molecule has 0 saturated carbocycles. The summed E-state index contributed by atoms with van der Waals surface area (Å²) in [7, 11) is 0. The van der Waals surface area contributed by atoms with Gasteiger partial charge in [-0.1, -0.05) is 12.1 Å². The largest absolute Gasteiger partial charge is 0.463 e. The molecule has 0 spiro atoms. The molecule has 1 heterocycles. The molecule has 0 unspecified atom stereocenters. The average Bonchev–Trinajstić information content (AvgIpc) is 2.97. The summed E-state index contributed by atoms with van der Waals surface area (Å²) in [6, 6.07) is 9.57. The highest BCUT2D eigenvalue weighted by molar-refractivity contribution is 6.10. The van der Waals surface area contributed by atoms with Crippen molar-refractivity contribution in [3.05, 3.63) is 70.8 Å². The lowest BCUT2D eigenvalue weighted by molar-refractivity contribution is -0.138. The minimum absolute atomic E-state index is 0.211. The molecule has 0 aromatic heterocycles. The van der Waals surface area contributed by atoms with Crippen LogP contribution in [0.25, 0.3) is 6.08 Å². The normalized spacial score (nSPS) is 13.9. The molecule has 1 aliphatic heterocycles. The summed E-state index contributed by atoms with van der Waals surface area (Å²) in [5, 5.41) is 0. The number of amides is 1. The molecule has 4 nitrogen and oxygen atoms in total. The highest BCUT2D eigenvalue weighted by Gasteiger charge is 2.32.